The van der Waals surface area contributed by atoms with Crippen molar-refractivity contribution < 1.29 is 24.2 Å². The van der Waals surface area contributed by atoms with Gasteiger partial charge >= 0.3 is 11.9 Å². The standard InChI is InChI=1S/C23H27N3O5/c1-5-31-23(30)20-13(2)24-19(15(20)7-6-10-26(3)4)12-17-16-11-14(22(28)29)8-9-18(16)25-21(17)27/h8-9,11-12,24H,5-7,10H2,1-4H3,(H,25,27)(H,28,29). The van der Waals surface area contributed by atoms with Crippen LogP contribution in [0.1, 0.15) is 56.6 Å². The van der Waals surface area contributed by atoms with Gasteiger partial charge < -0.3 is 25.0 Å². The topological polar surface area (TPSA) is 112 Å². The molecule has 8 nitrogen and oxygen atoms in total. The van der Waals surface area contributed by atoms with E-state index in [1.807, 2.05) is 14.1 Å². The number of anilines is 1. The van der Waals surface area contributed by atoms with Crippen LogP contribution >= 0.6 is 0 Å². The van der Waals surface area contributed by atoms with E-state index in [-0.39, 0.29) is 18.1 Å². The number of aromatic nitrogens is 1. The van der Waals surface area contributed by atoms with Gasteiger partial charge in [0.15, 0.2) is 0 Å². The minimum absolute atomic E-state index is 0.0993. The van der Waals surface area contributed by atoms with Crippen LogP contribution in [0.5, 0.6) is 0 Å². The minimum atomic E-state index is -1.06. The molecule has 1 amide bonds. The molecule has 0 atom stereocenters. The molecule has 0 unspecified atom stereocenters. The van der Waals surface area contributed by atoms with E-state index in [4.69, 9.17) is 4.74 Å². The Balaban J connectivity index is 2.08. The molecule has 2 aromatic rings. The highest BCUT2D eigenvalue weighted by molar-refractivity contribution is 6.35. The molecule has 8 heteroatoms. The lowest BCUT2D eigenvalue weighted by Crippen LogP contribution is -2.14. The zero-order chi connectivity index (χ0) is 22.7. The van der Waals surface area contributed by atoms with Gasteiger partial charge in [0.25, 0.3) is 5.91 Å². The highest BCUT2D eigenvalue weighted by Crippen LogP contribution is 2.35. The molecule has 31 heavy (non-hydrogen) atoms. The number of carboxylic acids is 1. The molecule has 164 valence electrons. The van der Waals surface area contributed by atoms with Crippen LogP contribution in [0.3, 0.4) is 0 Å². The van der Waals surface area contributed by atoms with Crippen LogP contribution in [0.25, 0.3) is 11.6 Å². The summed E-state index contributed by atoms with van der Waals surface area (Å²) in [7, 11) is 3.97. The largest absolute Gasteiger partial charge is 0.478 e. The summed E-state index contributed by atoms with van der Waals surface area (Å²) in [6.45, 7) is 4.67. The Labute approximate surface area is 180 Å². The number of benzene rings is 1. The number of nitrogens with one attached hydrogen (secondary N) is 2. The Morgan fingerprint density at radius 1 is 1.26 bits per heavy atom. The first-order valence-electron chi connectivity index (χ1n) is 10.2. The average molecular weight is 425 g/mol. The van der Waals surface area contributed by atoms with E-state index < -0.39 is 11.9 Å². The number of hydrogen-bond acceptors (Lipinski definition) is 5. The molecule has 1 aliphatic rings. The fourth-order valence-corrected chi connectivity index (χ4v) is 3.74. The summed E-state index contributed by atoms with van der Waals surface area (Å²) in [4.78, 5) is 41.9. The van der Waals surface area contributed by atoms with Crippen molar-refractivity contribution >= 4 is 35.2 Å². The highest BCUT2D eigenvalue weighted by atomic mass is 16.5. The number of aromatic carboxylic acids is 1. The Morgan fingerprint density at radius 2 is 2.00 bits per heavy atom. The number of rotatable bonds is 8. The van der Waals surface area contributed by atoms with Crippen molar-refractivity contribution in [1.82, 2.24) is 9.88 Å². The smallest absolute Gasteiger partial charge is 0.340 e. The van der Waals surface area contributed by atoms with Crippen LogP contribution in [0.2, 0.25) is 0 Å². The van der Waals surface area contributed by atoms with Gasteiger partial charge in [-0.25, -0.2) is 9.59 Å². The number of esters is 1. The van der Waals surface area contributed by atoms with E-state index in [9.17, 15) is 19.5 Å². The van der Waals surface area contributed by atoms with Crippen molar-refractivity contribution in [3.63, 3.8) is 0 Å². The number of ether oxygens (including phenoxy) is 1. The summed E-state index contributed by atoms with van der Waals surface area (Å²) < 4.78 is 5.25. The van der Waals surface area contributed by atoms with Gasteiger partial charge in [0.05, 0.1) is 23.3 Å². The second-order valence-corrected chi connectivity index (χ2v) is 7.72. The highest BCUT2D eigenvalue weighted by Gasteiger charge is 2.27. The average Bonchev–Trinajstić information content (AvgIpc) is 3.17. The number of amides is 1. The molecule has 1 aromatic carbocycles. The van der Waals surface area contributed by atoms with Crippen LogP contribution in [-0.2, 0) is 16.0 Å². The molecule has 0 spiro atoms. The maximum Gasteiger partial charge on any atom is 0.340 e. The zero-order valence-corrected chi connectivity index (χ0v) is 18.2. The molecule has 2 heterocycles. The first-order chi connectivity index (χ1) is 14.7. The second kappa shape index (κ2) is 9.18. The fourth-order valence-electron chi connectivity index (χ4n) is 3.74. The molecule has 0 saturated heterocycles. The number of carbonyl (C=O) groups is 3. The van der Waals surface area contributed by atoms with Gasteiger partial charge in [-0.2, -0.15) is 0 Å². The minimum Gasteiger partial charge on any atom is -0.478 e. The predicted octanol–water partition coefficient (Wildman–Crippen LogP) is 3.18. The quantitative estimate of drug-likeness (QED) is 0.442. The van der Waals surface area contributed by atoms with Gasteiger partial charge in [0, 0.05) is 22.6 Å². The fraction of sp³-hybridized carbons (Fsp3) is 0.348. The van der Waals surface area contributed by atoms with E-state index in [2.05, 4.69) is 15.2 Å². The van der Waals surface area contributed by atoms with Crippen molar-refractivity contribution in [2.45, 2.75) is 26.7 Å². The number of aromatic amines is 1. The zero-order valence-electron chi connectivity index (χ0n) is 18.2. The third-order valence-electron chi connectivity index (χ3n) is 5.17. The number of fused-ring (bicyclic) bond motifs is 1. The number of nitrogens with zero attached hydrogens (tertiary/aromatic N) is 1. The molecule has 0 fully saturated rings. The van der Waals surface area contributed by atoms with Gasteiger partial charge in [-0.05, 0) is 77.2 Å². The second-order valence-electron chi connectivity index (χ2n) is 7.72. The lowest BCUT2D eigenvalue weighted by molar-refractivity contribution is -0.110. The normalized spacial score (nSPS) is 14.1. The number of aryl methyl sites for hydroxylation is 1. The summed E-state index contributed by atoms with van der Waals surface area (Å²) in [6, 6.07) is 4.52. The van der Waals surface area contributed by atoms with Gasteiger partial charge in [-0.1, -0.05) is 0 Å². The van der Waals surface area contributed by atoms with Crippen LogP contribution in [-0.4, -0.2) is 60.1 Å². The Hall–Kier alpha value is -3.39. The molecular weight excluding hydrogens is 398 g/mol. The molecule has 0 saturated carbocycles. The van der Waals surface area contributed by atoms with Gasteiger partial charge in [0.2, 0.25) is 0 Å². The lowest BCUT2D eigenvalue weighted by atomic mass is 9.99. The van der Waals surface area contributed by atoms with Crippen molar-refractivity contribution in [1.29, 1.82) is 0 Å². The Morgan fingerprint density at radius 3 is 2.65 bits per heavy atom. The SMILES string of the molecule is CCOC(=O)c1c(C)[nH]c(C=C2C(=O)Nc3ccc(C(=O)O)cc32)c1CCCN(C)C. The molecule has 1 aromatic heterocycles. The first-order valence-corrected chi connectivity index (χ1v) is 10.2. The summed E-state index contributed by atoms with van der Waals surface area (Å²) in [5, 5.41) is 12.1. The van der Waals surface area contributed by atoms with Crippen LogP contribution < -0.4 is 5.32 Å². The summed E-state index contributed by atoms with van der Waals surface area (Å²) >= 11 is 0. The molecule has 3 N–H and O–H groups in total. The molecule has 1 aliphatic heterocycles. The van der Waals surface area contributed by atoms with E-state index >= 15 is 0 Å². The van der Waals surface area contributed by atoms with Gasteiger partial charge in [0.1, 0.15) is 0 Å². The van der Waals surface area contributed by atoms with Crippen LogP contribution in [0, 0.1) is 6.92 Å². The lowest BCUT2D eigenvalue weighted by Gasteiger charge is -2.10. The van der Waals surface area contributed by atoms with E-state index in [1.54, 1.807) is 26.0 Å². The molecular formula is C23H27N3O5. The maximum atomic E-state index is 12.6. The van der Waals surface area contributed by atoms with Crippen molar-refractivity contribution in [3.8, 4) is 0 Å². The number of H-pyrrole nitrogens is 1. The van der Waals surface area contributed by atoms with E-state index in [0.717, 1.165) is 18.5 Å². The number of hydrogen-bond donors (Lipinski definition) is 3. The monoisotopic (exact) mass is 425 g/mol. The number of carbonyl (C=O) groups excluding carboxylic acids is 2. The molecule has 3 rings (SSSR count). The van der Waals surface area contributed by atoms with E-state index in [0.29, 0.717) is 40.2 Å². The summed E-state index contributed by atoms with van der Waals surface area (Å²) in [5.41, 5.74) is 4.14. The molecule has 0 bridgehead atoms. The van der Waals surface area contributed by atoms with Crippen molar-refractivity contribution in [3.05, 3.63) is 51.8 Å². The van der Waals surface area contributed by atoms with Gasteiger partial charge in [-0.15, -0.1) is 0 Å². The summed E-state index contributed by atoms with van der Waals surface area (Å²) in [6.07, 6.45) is 3.13. The maximum absolute atomic E-state index is 12.6. The Bertz CT molecular complexity index is 1070. The molecule has 0 radical (unpaired) electrons. The van der Waals surface area contributed by atoms with E-state index in [1.165, 1.54) is 12.1 Å². The number of carboxylic acid groups (broad SMARTS) is 1. The summed E-state index contributed by atoms with van der Waals surface area (Å²) in [5.74, 6) is -1.78. The molecule has 0 aliphatic carbocycles. The Kier molecular flexibility index (Phi) is 6.60. The van der Waals surface area contributed by atoms with Crippen molar-refractivity contribution in [2.75, 3.05) is 32.6 Å². The third-order valence-corrected chi connectivity index (χ3v) is 5.17. The van der Waals surface area contributed by atoms with Gasteiger partial charge in [-0.3, -0.25) is 4.79 Å². The van der Waals surface area contributed by atoms with Crippen LogP contribution in [0.15, 0.2) is 18.2 Å². The first kappa shape index (κ1) is 22.3. The third kappa shape index (κ3) is 4.69. The predicted molar refractivity (Wildman–Crippen MR) is 118 cm³/mol. The van der Waals surface area contributed by atoms with Crippen LogP contribution in [0.4, 0.5) is 5.69 Å². The van der Waals surface area contributed by atoms with Crippen molar-refractivity contribution in [2.24, 2.45) is 0 Å².